The van der Waals surface area contributed by atoms with E-state index >= 15 is 0 Å². The van der Waals surface area contributed by atoms with Crippen LogP contribution in [0.1, 0.15) is 0 Å². The van der Waals surface area contributed by atoms with E-state index in [1.165, 1.54) is 0 Å². The molecule has 4 rings (SSSR count). The van der Waals surface area contributed by atoms with Gasteiger partial charge >= 0.3 is 0 Å². The lowest BCUT2D eigenvalue weighted by Crippen LogP contribution is -2.49. The van der Waals surface area contributed by atoms with Gasteiger partial charge in [0, 0.05) is 47.9 Å². The fourth-order valence-electron chi connectivity index (χ4n) is 3.69. The highest BCUT2D eigenvalue weighted by molar-refractivity contribution is 9.10. The first-order valence-electron chi connectivity index (χ1n) is 9.80. The van der Waals surface area contributed by atoms with Crippen LogP contribution in [0.25, 0.3) is 10.8 Å². The van der Waals surface area contributed by atoms with E-state index in [0.29, 0.717) is 6.54 Å². The van der Waals surface area contributed by atoms with Gasteiger partial charge in [-0.25, -0.2) is 0 Å². The highest BCUT2D eigenvalue weighted by atomic mass is 79.9. The largest absolute Gasteiger partial charge is 0.491 e. The Morgan fingerprint density at radius 2 is 1.72 bits per heavy atom. The third kappa shape index (κ3) is 5.43. The summed E-state index contributed by atoms with van der Waals surface area (Å²) in [6.07, 6.45) is -0.520. The van der Waals surface area contributed by atoms with E-state index in [9.17, 15) is 5.11 Å². The topological polar surface area (TPSA) is 35.9 Å². The average molecular weight is 476 g/mol. The summed E-state index contributed by atoms with van der Waals surface area (Å²) < 4.78 is 6.90. The van der Waals surface area contributed by atoms with E-state index in [-0.39, 0.29) is 6.61 Å². The predicted molar refractivity (Wildman–Crippen MR) is 123 cm³/mol. The van der Waals surface area contributed by atoms with Crippen LogP contribution in [-0.2, 0) is 0 Å². The third-order valence-electron chi connectivity index (χ3n) is 5.23. The van der Waals surface area contributed by atoms with Gasteiger partial charge in [-0.2, -0.15) is 0 Å². The number of rotatable bonds is 6. The SMILES string of the molecule is O[C@@H](COc1ccc2cc(Br)ccc2c1)CN1CCN(c2cccc(Cl)c2)CC1. The average Bonchev–Trinajstić information content (AvgIpc) is 2.73. The molecule has 1 N–H and O–H groups in total. The molecule has 1 atom stereocenters. The molecular formula is C23H24BrClN2O2. The molecule has 0 radical (unpaired) electrons. The normalized spacial score (nSPS) is 16.2. The Bertz CT molecular complexity index is 976. The maximum absolute atomic E-state index is 10.4. The molecule has 4 nitrogen and oxygen atoms in total. The Morgan fingerprint density at radius 3 is 2.52 bits per heavy atom. The second-order valence-corrected chi connectivity index (χ2v) is 8.74. The molecule has 0 aromatic heterocycles. The van der Waals surface area contributed by atoms with Gasteiger partial charge in [0.25, 0.3) is 0 Å². The van der Waals surface area contributed by atoms with Crippen molar-refractivity contribution in [2.45, 2.75) is 6.10 Å². The van der Waals surface area contributed by atoms with Gasteiger partial charge in [0.05, 0.1) is 0 Å². The lowest BCUT2D eigenvalue weighted by Gasteiger charge is -2.36. The van der Waals surface area contributed by atoms with Gasteiger partial charge in [-0.3, -0.25) is 4.90 Å². The third-order valence-corrected chi connectivity index (χ3v) is 5.96. The van der Waals surface area contributed by atoms with Crippen molar-refractivity contribution in [3.8, 4) is 5.75 Å². The molecule has 1 aliphatic rings. The van der Waals surface area contributed by atoms with Crippen LogP contribution in [0.4, 0.5) is 5.69 Å². The van der Waals surface area contributed by atoms with Crippen molar-refractivity contribution in [3.05, 3.63) is 70.2 Å². The van der Waals surface area contributed by atoms with Gasteiger partial charge in [-0.15, -0.1) is 0 Å². The van der Waals surface area contributed by atoms with E-state index in [1.54, 1.807) is 0 Å². The number of aliphatic hydroxyl groups excluding tert-OH is 1. The number of fused-ring (bicyclic) bond motifs is 1. The van der Waals surface area contributed by atoms with Gasteiger partial charge in [-0.05, 0) is 53.2 Å². The summed E-state index contributed by atoms with van der Waals surface area (Å²) in [6.45, 7) is 4.58. The molecule has 0 spiro atoms. The van der Waals surface area contributed by atoms with Crippen LogP contribution in [0.5, 0.6) is 5.75 Å². The molecular weight excluding hydrogens is 452 g/mol. The fourth-order valence-corrected chi connectivity index (χ4v) is 4.25. The molecule has 1 fully saturated rings. The van der Waals surface area contributed by atoms with Gasteiger partial charge < -0.3 is 14.7 Å². The number of ether oxygens (including phenoxy) is 1. The van der Waals surface area contributed by atoms with Crippen LogP contribution in [-0.4, -0.2) is 55.4 Å². The molecule has 29 heavy (non-hydrogen) atoms. The van der Waals surface area contributed by atoms with Crippen molar-refractivity contribution >= 4 is 44.0 Å². The number of hydrogen-bond acceptors (Lipinski definition) is 4. The molecule has 1 heterocycles. The molecule has 1 aliphatic heterocycles. The quantitative estimate of drug-likeness (QED) is 0.555. The van der Waals surface area contributed by atoms with E-state index in [0.717, 1.165) is 57.9 Å². The van der Waals surface area contributed by atoms with E-state index in [2.05, 4.69) is 43.9 Å². The summed E-state index contributed by atoms with van der Waals surface area (Å²) in [4.78, 5) is 4.62. The number of β-amino-alcohol motifs (C(OH)–C–C–N with tert-alkyl or cyclic N) is 1. The minimum atomic E-state index is -0.520. The van der Waals surface area contributed by atoms with Crippen molar-refractivity contribution in [2.75, 3.05) is 44.2 Å². The smallest absolute Gasteiger partial charge is 0.120 e. The van der Waals surface area contributed by atoms with Crippen LogP contribution in [0, 0.1) is 0 Å². The number of aliphatic hydroxyl groups is 1. The molecule has 6 heteroatoms. The van der Waals surface area contributed by atoms with Crippen LogP contribution in [0.15, 0.2) is 65.1 Å². The number of benzene rings is 3. The zero-order valence-corrected chi connectivity index (χ0v) is 18.4. The second-order valence-electron chi connectivity index (χ2n) is 7.39. The summed E-state index contributed by atoms with van der Waals surface area (Å²) in [7, 11) is 0. The van der Waals surface area contributed by atoms with Crippen molar-refractivity contribution < 1.29 is 9.84 Å². The first-order valence-corrected chi connectivity index (χ1v) is 11.0. The predicted octanol–water partition coefficient (Wildman–Crippen LogP) is 4.82. The molecule has 152 valence electrons. The summed E-state index contributed by atoms with van der Waals surface area (Å²) in [6, 6.07) is 20.1. The number of piperazine rings is 1. The minimum Gasteiger partial charge on any atom is -0.491 e. The van der Waals surface area contributed by atoms with Gasteiger partial charge in [0.1, 0.15) is 18.5 Å². The van der Waals surface area contributed by atoms with E-state index < -0.39 is 6.10 Å². The molecule has 0 unspecified atom stereocenters. The Kier molecular flexibility index (Phi) is 6.60. The Hall–Kier alpha value is -1.79. The molecule has 0 amide bonds. The Balaban J connectivity index is 1.25. The summed E-state index contributed by atoms with van der Waals surface area (Å²) in [5.74, 6) is 0.782. The van der Waals surface area contributed by atoms with Crippen molar-refractivity contribution in [3.63, 3.8) is 0 Å². The minimum absolute atomic E-state index is 0.288. The van der Waals surface area contributed by atoms with Crippen molar-refractivity contribution in [1.29, 1.82) is 0 Å². The highest BCUT2D eigenvalue weighted by Gasteiger charge is 2.20. The van der Waals surface area contributed by atoms with Crippen LogP contribution >= 0.6 is 27.5 Å². The zero-order chi connectivity index (χ0) is 20.2. The summed E-state index contributed by atoms with van der Waals surface area (Å²) >= 11 is 9.59. The van der Waals surface area contributed by atoms with Gasteiger partial charge in [-0.1, -0.05) is 45.7 Å². The molecule has 3 aromatic rings. The zero-order valence-electron chi connectivity index (χ0n) is 16.1. The number of hydrogen-bond donors (Lipinski definition) is 1. The monoisotopic (exact) mass is 474 g/mol. The van der Waals surface area contributed by atoms with Crippen LogP contribution in [0.3, 0.4) is 0 Å². The highest BCUT2D eigenvalue weighted by Crippen LogP contribution is 2.24. The first kappa shape index (κ1) is 20.5. The Labute approximate surface area is 184 Å². The van der Waals surface area contributed by atoms with Crippen LogP contribution < -0.4 is 9.64 Å². The number of nitrogens with zero attached hydrogens (tertiary/aromatic N) is 2. The Morgan fingerprint density at radius 1 is 0.966 bits per heavy atom. The fraction of sp³-hybridized carbons (Fsp3) is 0.304. The summed E-state index contributed by atoms with van der Waals surface area (Å²) in [5, 5.41) is 13.5. The number of anilines is 1. The maximum Gasteiger partial charge on any atom is 0.120 e. The molecule has 0 bridgehead atoms. The summed E-state index contributed by atoms with van der Waals surface area (Å²) in [5.41, 5.74) is 1.16. The van der Waals surface area contributed by atoms with Crippen LogP contribution in [0.2, 0.25) is 5.02 Å². The number of halogens is 2. The van der Waals surface area contributed by atoms with Crippen molar-refractivity contribution in [2.24, 2.45) is 0 Å². The van der Waals surface area contributed by atoms with Gasteiger partial charge in [0.15, 0.2) is 0 Å². The lowest BCUT2D eigenvalue weighted by atomic mass is 10.1. The van der Waals surface area contributed by atoms with E-state index in [4.69, 9.17) is 16.3 Å². The molecule has 3 aromatic carbocycles. The second kappa shape index (κ2) is 9.35. The molecule has 1 saturated heterocycles. The molecule has 0 saturated carbocycles. The lowest BCUT2D eigenvalue weighted by molar-refractivity contribution is 0.0663. The standard InChI is InChI=1S/C23H24BrClN2O2/c24-19-6-4-18-13-23(7-5-17(18)12-19)29-16-22(28)15-26-8-10-27(11-9-26)21-3-1-2-20(25)14-21/h1-7,12-14,22,28H,8-11,15-16H2/t22-/m1/s1. The molecule has 0 aliphatic carbocycles. The maximum atomic E-state index is 10.4. The van der Waals surface area contributed by atoms with E-state index in [1.807, 2.05) is 42.5 Å². The van der Waals surface area contributed by atoms with Crippen molar-refractivity contribution in [1.82, 2.24) is 4.90 Å². The van der Waals surface area contributed by atoms with Gasteiger partial charge in [0.2, 0.25) is 0 Å². The first-order chi connectivity index (χ1) is 14.1.